The first-order chi connectivity index (χ1) is 15.5. The van der Waals surface area contributed by atoms with Crippen LogP contribution in [0.25, 0.3) is 0 Å². The van der Waals surface area contributed by atoms with Crippen LogP contribution in [-0.4, -0.2) is 30.6 Å². The zero-order valence-electron chi connectivity index (χ0n) is 17.5. The van der Waals surface area contributed by atoms with Crippen LogP contribution >= 0.6 is 15.9 Å². The van der Waals surface area contributed by atoms with Crippen molar-refractivity contribution in [3.63, 3.8) is 0 Å². The van der Waals surface area contributed by atoms with Gasteiger partial charge in [-0.15, -0.1) is 0 Å². The average molecular weight is 496 g/mol. The Bertz CT molecular complexity index is 1120. The lowest BCUT2D eigenvalue weighted by atomic mass is 10.1. The maximum atomic E-state index is 12.5. The number of carbonyl (C=O) groups excluding carboxylic acids is 2. The normalized spacial score (nSPS) is 15.4. The third-order valence-corrected chi connectivity index (χ3v) is 5.64. The first-order valence-electron chi connectivity index (χ1n) is 10.1. The summed E-state index contributed by atoms with van der Waals surface area (Å²) in [7, 11) is 1.36. The number of methoxy groups -OCH3 is 1. The monoisotopic (exact) mass is 495 g/mol. The van der Waals surface area contributed by atoms with Gasteiger partial charge in [0.2, 0.25) is 0 Å². The number of halogens is 1. The zero-order chi connectivity index (χ0) is 22.5. The molecule has 1 aliphatic rings. The molecule has 1 fully saturated rings. The number of hydrogen-bond donors (Lipinski definition) is 0. The van der Waals surface area contributed by atoms with E-state index in [1.807, 2.05) is 66.7 Å². The number of ether oxygens (including phenoxy) is 3. The smallest absolute Gasteiger partial charge is 0.410 e. The maximum absolute atomic E-state index is 12.5. The van der Waals surface area contributed by atoms with E-state index in [2.05, 4.69) is 15.9 Å². The van der Waals surface area contributed by atoms with Crippen molar-refractivity contribution in [1.29, 1.82) is 0 Å². The third kappa shape index (κ3) is 5.29. The van der Waals surface area contributed by atoms with Crippen LogP contribution in [0.2, 0.25) is 0 Å². The lowest BCUT2D eigenvalue weighted by molar-refractivity contribution is -0.139. The summed E-state index contributed by atoms with van der Waals surface area (Å²) in [5.41, 5.74) is 2.60. The number of esters is 1. The fourth-order valence-corrected chi connectivity index (χ4v) is 3.95. The molecule has 0 saturated carbocycles. The van der Waals surface area contributed by atoms with Crippen molar-refractivity contribution >= 4 is 28.0 Å². The van der Waals surface area contributed by atoms with E-state index in [0.29, 0.717) is 24.6 Å². The van der Waals surface area contributed by atoms with Crippen LogP contribution in [0.5, 0.6) is 11.5 Å². The first-order valence-corrected chi connectivity index (χ1v) is 10.9. The van der Waals surface area contributed by atoms with E-state index >= 15 is 0 Å². The molecular formula is C25H22BrNO5. The van der Waals surface area contributed by atoms with Gasteiger partial charge < -0.3 is 14.2 Å². The van der Waals surface area contributed by atoms with Gasteiger partial charge in [-0.05, 0) is 41.5 Å². The van der Waals surface area contributed by atoms with Crippen LogP contribution in [0.3, 0.4) is 0 Å². The summed E-state index contributed by atoms with van der Waals surface area (Å²) in [6.45, 7) is 0.808. The van der Waals surface area contributed by atoms with Gasteiger partial charge in [-0.25, -0.2) is 4.79 Å². The molecule has 3 aromatic rings. The van der Waals surface area contributed by atoms with Gasteiger partial charge in [0.1, 0.15) is 17.6 Å². The van der Waals surface area contributed by atoms with Crippen LogP contribution in [0.4, 0.5) is 4.79 Å². The molecule has 0 aliphatic carbocycles. The van der Waals surface area contributed by atoms with Gasteiger partial charge in [-0.1, -0.05) is 58.4 Å². The highest BCUT2D eigenvalue weighted by atomic mass is 79.9. The van der Waals surface area contributed by atoms with Crippen molar-refractivity contribution in [2.24, 2.45) is 0 Å². The van der Waals surface area contributed by atoms with Gasteiger partial charge in [0.15, 0.2) is 0 Å². The number of hydrogen-bond acceptors (Lipinski definition) is 5. The highest BCUT2D eigenvalue weighted by Gasteiger charge is 2.32. The highest BCUT2D eigenvalue weighted by Crippen LogP contribution is 2.33. The molecule has 32 heavy (non-hydrogen) atoms. The Morgan fingerprint density at radius 2 is 1.91 bits per heavy atom. The van der Waals surface area contributed by atoms with E-state index in [9.17, 15) is 9.59 Å². The molecule has 3 aromatic carbocycles. The zero-order valence-corrected chi connectivity index (χ0v) is 19.1. The van der Waals surface area contributed by atoms with Gasteiger partial charge in [0, 0.05) is 10.0 Å². The summed E-state index contributed by atoms with van der Waals surface area (Å²) in [6, 6.07) is 22.7. The van der Waals surface area contributed by atoms with Gasteiger partial charge in [0.05, 0.1) is 26.6 Å². The van der Waals surface area contributed by atoms with Crippen molar-refractivity contribution < 1.29 is 23.8 Å². The SMILES string of the molecule is COC(=O)Cc1cccc(Oc2ccc(Br)cc2CN2C[C@H](c3ccccc3)OC2=O)c1. The summed E-state index contributed by atoms with van der Waals surface area (Å²) >= 11 is 3.50. The first kappa shape index (κ1) is 21.9. The molecule has 164 valence electrons. The molecule has 0 N–H and O–H groups in total. The molecule has 1 aliphatic heterocycles. The standard InChI is InChI=1S/C25H22BrNO5/c1-30-24(28)13-17-6-5-9-21(12-17)31-22-11-10-20(26)14-19(22)15-27-16-23(32-25(27)29)18-7-3-2-4-8-18/h2-12,14,23H,13,15-16H2,1H3/t23-/m1/s1. The fraction of sp³-hybridized carbons (Fsp3) is 0.200. The quantitative estimate of drug-likeness (QED) is 0.396. The maximum Gasteiger partial charge on any atom is 0.410 e. The lowest BCUT2D eigenvalue weighted by Gasteiger charge is -2.17. The molecule has 0 unspecified atom stereocenters. The van der Waals surface area contributed by atoms with E-state index in [1.54, 1.807) is 11.0 Å². The predicted molar refractivity (Wildman–Crippen MR) is 122 cm³/mol. The summed E-state index contributed by atoms with van der Waals surface area (Å²) in [5.74, 6) is 0.910. The second kappa shape index (κ2) is 9.87. The van der Waals surface area contributed by atoms with Gasteiger partial charge in [-0.3, -0.25) is 9.69 Å². The molecule has 1 atom stereocenters. The van der Waals surface area contributed by atoms with Gasteiger partial charge >= 0.3 is 12.1 Å². The Morgan fingerprint density at radius 1 is 1.09 bits per heavy atom. The Morgan fingerprint density at radius 3 is 2.69 bits per heavy atom. The van der Waals surface area contributed by atoms with E-state index in [-0.39, 0.29) is 24.6 Å². The molecule has 0 bridgehead atoms. The second-order valence-electron chi connectivity index (χ2n) is 7.42. The molecule has 0 radical (unpaired) electrons. The van der Waals surface area contributed by atoms with Crippen LogP contribution < -0.4 is 4.74 Å². The minimum Gasteiger partial charge on any atom is -0.469 e. The highest BCUT2D eigenvalue weighted by molar-refractivity contribution is 9.10. The Hall–Kier alpha value is -3.32. The lowest BCUT2D eigenvalue weighted by Crippen LogP contribution is -2.24. The molecule has 0 aromatic heterocycles. The molecule has 1 amide bonds. The number of benzene rings is 3. The topological polar surface area (TPSA) is 65.1 Å². The van der Waals surface area contributed by atoms with E-state index in [1.165, 1.54) is 7.11 Å². The number of amides is 1. The number of cyclic esters (lactones) is 1. The minimum absolute atomic E-state index is 0.168. The number of nitrogens with zero attached hydrogens (tertiary/aromatic N) is 1. The van der Waals surface area contributed by atoms with E-state index in [4.69, 9.17) is 14.2 Å². The molecule has 7 heteroatoms. The van der Waals surface area contributed by atoms with E-state index < -0.39 is 0 Å². The van der Waals surface area contributed by atoms with Crippen molar-refractivity contribution in [1.82, 2.24) is 4.90 Å². The Labute approximate surface area is 194 Å². The van der Waals surface area contributed by atoms with Gasteiger partial charge in [-0.2, -0.15) is 0 Å². The molecule has 1 heterocycles. The summed E-state index contributed by atoms with van der Waals surface area (Å²) < 4.78 is 17.3. The van der Waals surface area contributed by atoms with Crippen molar-refractivity contribution in [3.8, 4) is 11.5 Å². The van der Waals surface area contributed by atoms with Crippen LogP contribution in [-0.2, 0) is 27.2 Å². The largest absolute Gasteiger partial charge is 0.469 e. The molecule has 6 nitrogen and oxygen atoms in total. The molecule has 1 saturated heterocycles. The summed E-state index contributed by atoms with van der Waals surface area (Å²) in [6.07, 6.45) is -0.485. The summed E-state index contributed by atoms with van der Waals surface area (Å²) in [4.78, 5) is 25.7. The number of carbonyl (C=O) groups is 2. The Balaban J connectivity index is 1.51. The number of rotatable bonds is 7. The van der Waals surface area contributed by atoms with E-state index in [0.717, 1.165) is 21.2 Å². The van der Waals surface area contributed by atoms with Crippen LogP contribution in [0.1, 0.15) is 22.8 Å². The average Bonchev–Trinajstić information content (AvgIpc) is 3.16. The predicted octanol–water partition coefficient (Wildman–Crippen LogP) is 5.65. The Kier molecular flexibility index (Phi) is 6.75. The van der Waals surface area contributed by atoms with Crippen molar-refractivity contribution in [2.45, 2.75) is 19.1 Å². The summed E-state index contributed by atoms with van der Waals surface area (Å²) in [5, 5.41) is 0. The van der Waals surface area contributed by atoms with Crippen molar-refractivity contribution in [2.75, 3.05) is 13.7 Å². The molecule has 0 spiro atoms. The van der Waals surface area contributed by atoms with Crippen LogP contribution in [0, 0.1) is 0 Å². The minimum atomic E-state index is -0.357. The molecule has 4 rings (SSSR count). The fourth-order valence-electron chi connectivity index (χ4n) is 3.54. The second-order valence-corrected chi connectivity index (χ2v) is 8.33. The van der Waals surface area contributed by atoms with Gasteiger partial charge in [0.25, 0.3) is 0 Å². The van der Waals surface area contributed by atoms with Crippen LogP contribution in [0.15, 0.2) is 77.3 Å². The third-order valence-electron chi connectivity index (χ3n) is 5.14. The van der Waals surface area contributed by atoms with Crippen molar-refractivity contribution in [3.05, 3.63) is 94.0 Å². The molecular weight excluding hydrogens is 474 g/mol.